The second kappa shape index (κ2) is 6.93. The first kappa shape index (κ1) is 17.2. The van der Waals surface area contributed by atoms with Crippen molar-refractivity contribution < 1.29 is 5.11 Å². The van der Waals surface area contributed by atoms with Crippen molar-refractivity contribution in [2.75, 3.05) is 13.1 Å². The van der Waals surface area contributed by atoms with Crippen LogP contribution in [-0.2, 0) is 0 Å². The van der Waals surface area contributed by atoms with Crippen molar-refractivity contribution in [3.63, 3.8) is 0 Å². The molecule has 0 radical (unpaired) electrons. The summed E-state index contributed by atoms with van der Waals surface area (Å²) in [5, 5.41) is 14.5. The van der Waals surface area contributed by atoms with Crippen LogP contribution < -0.4 is 0 Å². The van der Waals surface area contributed by atoms with Gasteiger partial charge in [0.25, 0.3) is 0 Å². The number of nitrogens with zero attached hydrogens (tertiary/aromatic N) is 3. The molecule has 0 amide bonds. The van der Waals surface area contributed by atoms with E-state index in [2.05, 4.69) is 10.1 Å². The SMILES string of the molecule is O=Nc1c(O)n(C2CCN(C3C4CCCC3CCC4)CC2)c2ccccc12. The number of fused-ring (bicyclic) bond motifs is 3. The highest BCUT2D eigenvalue weighted by Crippen LogP contribution is 2.46. The number of rotatable bonds is 3. The molecule has 0 unspecified atom stereocenters. The maximum atomic E-state index is 11.3. The number of likely N-dealkylation sites (tertiary alicyclic amines) is 1. The number of aromatic nitrogens is 1. The van der Waals surface area contributed by atoms with Gasteiger partial charge < -0.3 is 9.67 Å². The van der Waals surface area contributed by atoms with Gasteiger partial charge in [0, 0.05) is 30.6 Å². The van der Waals surface area contributed by atoms with Gasteiger partial charge in [0.1, 0.15) is 0 Å². The fraction of sp³-hybridized carbons (Fsp3) is 0.636. The molecular weight excluding hydrogens is 338 g/mol. The monoisotopic (exact) mass is 367 g/mol. The van der Waals surface area contributed by atoms with Gasteiger partial charge >= 0.3 is 0 Å². The summed E-state index contributed by atoms with van der Waals surface area (Å²) in [5.41, 5.74) is 1.12. The van der Waals surface area contributed by atoms with E-state index in [1.807, 2.05) is 28.8 Å². The van der Waals surface area contributed by atoms with Crippen molar-refractivity contribution in [3.05, 3.63) is 29.2 Å². The normalized spacial score (nSPS) is 29.9. The minimum Gasteiger partial charge on any atom is -0.493 e. The van der Waals surface area contributed by atoms with Gasteiger partial charge in [0.05, 0.1) is 5.52 Å². The molecule has 1 aromatic heterocycles. The summed E-state index contributed by atoms with van der Waals surface area (Å²) in [7, 11) is 0. The van der Waals surface area contributed by atoms with Gasteiger partial charge in [-0.2, -0.15) is 0 Å². The number of nitroso groups, excluding NO2 is 1. The molecule has 3 fully saturated rings. The average Bonchev–Trinajstić information content (AvgIpc) is 2.98. The summed E-state index contributed by atoms with van der Waals surface area (Å²) < 4.78 is 1.96. The zero-order valence-corrected chi connectivity index (χ0v) is 15.9. The maximum absolute atomic E-state index is 11.3. The van der Waals surface area contributed by atoms with E-state index in [0.717, 1.165) is 54.7 Å². The molecule has 3 aliphatic rings. The lowest BCUT2D eigenvalue weighted by atomic mass is 9.67. The van der Waals surface area contributed by atoms with Gasteiger partial charge in [-0.1, -0.05) is 31.0 Å². The zero-order chi connectivity index (χ0) is 18.4. The highest BCUT2D eigenvalue weighted by molar-refractivity contribution is 5.95. The van der Waals surface area contributed by atoms with Crippen LogP contribution in [0.3, 0.4) is 0 Å². The summed E-state index contributed by atoms with van der Waals surface area (Å²) in [6.45, 7) is 2.19. The Labute approximate surface area is 160 Å². The van der Waals surface area contributed by atoms with Crippen molar-refractivity contribution in [1.29, 1.82) is 0 Å². The molecule has 0 atom stereocenters. The quantitative estimate of drug-likeness (QED) is 0.744. The van der Waals surface area contributed by atoms with Gasteiger partial charge in [-0.15, -0.1) is 4.91 Å². The fourth-order valence-electron chi connectivity index (χ4n) is 6.37. The van der Waals surface area contributed by atoms with E-state index in [4.69, 9.17) is 0 Å². The van der Waals surface area contributed by atoms with E-state index in [1.165, 1.54) is 38.5 Å². The fourth-order valence-corrected chi connectivity index (χ4v) is 6.37. The Hall–Kier alpha value is -1.88. The summed E-state index contributed by atoms with van der Waals surface area (Å²) >= 11 is 0. The first-order chi connectivity index (χ1) is 13.3. The summed E-state index contributed by atoms with van der Waals surface area (Å²) in [6, 6.07) is 8.75. The van der Waals surface area contributed by atoms with Gasteiger partial charge in [-0.3, -0.25) is 4.90 Å². The standard InChI is InChI=1S/C22H29N3O2/c26-22-20(23-27)18-9-1-2-10-19(18)25(22)17-11-13-24(14-12-17)21-15-5-3-6-16(21)8-4-7-15/h1-2,9-10,15-17,21,26H,3-8,11-14H2. The Balaban J connectivity index is 1.38. The predicted octanol–water partition coefficient (Wildman–Crippen LogP) is 5.35. The maximum Gasteiger partial charge on any atom is 0.222 e. The van der Waals surface area contributed by atoms with Gasteiger partial charge in [-0.25, -0.2) is 0 Å². The Kier molecular flexibility index (Phi) is 4.43. The third-order valence-corrected chi connectivity index (χ3v) is 7.50. The van der Waals surface area contributed by atoms with Crippen molar-refractivity contribution in [2.24, 2.45) is 17.0 Å². The lowest BCUT2D eigenvalue weighted by Crippen LogP contribution is -2.52. The number of benzene rings is 1. The molecule has 2 bridgehead atoms. The summed E-state index contributed by atoms with van der Waals surface area (Å²) in [4.78, 5) is 14.0. The van der Waals surface area contributed by atoms with Crippen LogP contribution in [-0.4, -0.2) is 33.7 Å². The van der Waals surface area contributed by atoms with E-state index in [0.29, 0.717) is 0 Å². The first-order valence-corrected chi connectivity index (χ1v) is 10.7. The average molecular weight is 367 g/mol. The van der Waals surface area contributed by atoms with E-state index in [9.17, 15) is 10.0 Å². The number of hydrogen-bond donors (Lipinski definition) is 1. The molecule has 0 spiro atoms. The molecule has 27 heavy (non-hydrogen) atoms. The van der Waals surface area contributed by atoms with Gasteiger partial charge in [0.2, 0.25) is 5.88 Å². The van der Waals surface area contributed by atoms with Crippen molar-refractivity contribution >= 4 is 16.6 Å². The molecule has 2 saturated carbocycles. The number of aromatic hydroxyl groups is 1. The molecule has 2 aromatic rings. The van der Waals surface area contributed by atoms with Gasteiger partial charge in [-0.05, 0) is 61.6 Å². The molecule has 144 valence electrons. The van der Waals surface area contributed by atoms with Crippen LogP contribution in [0.5, 0.6) is 5.88 Å². The number of piperidine rings is 1. The topological polar surface area (TPSA) is 57.8 Å². The third kappa shape index (κ3) is 2.78. The van der Waals surface area contributed by atoms with Crippen LogP contribution in [0.1, 0.15) is 57.4 Å². The molecule has 2 aliphatic carbocycles. The molecule has 5 rings (SSSR count). The second-order valence-corrected chi connectivity index (χ2v) is 8.79. The Morgan fingerprint density at radius 3 is 2.19 bits per heavy atom. The molecule has 5 heteroatoms. The van der Waals surface area contributed by atoms with Crippen LogP contribution in [0.4, 0.5) is 5.69 Å². The summed E-state index contributed by atoms with van der Waals surface area (Å²) in [6.07, 6.45) is 10.6. The number of hydrogen-bond acceptors (Lipinski definition) is 4. The largest absolute Gasteiger partial charge is 0.493 e. The Morgan fingerprint density at radius 1 is 0.926 bits per heavy atom. The van der Waals surface area contributed by atoms with E-state index < -0.39 is 0 Å². The third-order valence-electron chi connectivity index (χ3n) is 7.50. The predicted molar refractivity (Wildman–Crippen MR) is 107 cm³/mol. The summed E-state index contributed by atoms with van der Waals surface area (Å²) in [5.74, 6) is 1.85. The van der Waals surface area contributed by atoms with Crippen LogP contribution in [0.15, 0.2) is 29.4 Å². The molecule has 2 heterocycles. The van der Waals surface area contributed by atoms with Crippen LogP contribution in [0, 0.1) is 16.7 Å². The zero-order valence-electron chi connectivity index (χ0n) is 15.9. The van der Waals surface area contributed by atoms with Crippen molar-refractivity contribution in [2.45, 2.75) is 63.5 Å². The lowest BCUT2D eigenvalue weighted by Gasteiger charge is -2.50. The first-order valence-electron chi connectivity index (χ1n) is 10.7. The molecule has 1 aliphatic heterocycles. The highest BCUT2D eigenvalue weighted by Gasteiger charge is 2.41. The minimum absolute atomic E-state index is 0.0409. The van der Waals surface area contributed by atoms with Crippen LogP contribution >= 0.6 is 0 Å². The van der Waals surface area contributed by atoms with Crippen molar-refractivity contribution in [3.8, 4) is 5.88 Å². The minimum atomic E-state index is 0.0409. The van der Waals surface area contributed by atoms with Crippen LogP contribution in [0.2, 0.25) is 0 Å². The van der Waals surface area contributed by atoms with Crippen molar-refractivity contribution in [1.82, 2.24) is 9.47 Å². The molecule has 1 aromatic carbocycles. The van der Waals surface area contributed by atoms with Gasteiger partial charge in [0.15, 0.2) is 5.69 Å². The van der Waals surface area contributed by atoms with Crippen LogP contribution in [0.25, 0.3) is 10.9 Å². The molecule has 1 N–H and O–H groups in total. The smallest absolute Gasteiger partial charge is 0.222 e. The van der Waals surface area contributed by atoms with E-state index in [1.54, 1.807) is 0 Å². The van der Waals surface area contributed by atoms with E-state index >= 15 is 0 Å². The lowest BCUT2D eigenvalue weighted by molar-refractivity contribution is 0.00310. The molecule has 5 nitrogen and oxygen atoms in total. The van der Waals surface area contributed by atoms with E-state index in [-0.39, 0.29) is 17.6 Å². The Morgan fingerprint density at radius 2 is 1.56 bits per heavy atom. The highest BCUT2D eigenvalue weighted by atomic mass is 16.3. The molecule has 1 saturated heterocycles. The molecular formula is C22H29N3O2. The number of para-hydroxylation sites is 1. The second-order valence-electron chi connectivity index (χ2n) is 8.79. The Bertz CT molecular complexity index is 815.